The highest BCUT2D eigenvalue weighted by Crippen LogP contribution is 1.97. The van der Waals surface area contributed by atoms with Crippen LogP contribution in [0.15, 0.2) is 30.3 Å². The second kappa shape index (κ2) is 4.69. The van der Waals surface area contributed by atoms with Gasteiger partial charge in [-0.3, -0.25) is 4.79 Å². The van der Waals surface area contributed by atoms with Gasteiger partial charge in [-0.2, -0.15) is 0 Å². The van der Waals surface area contributed by atoms with Gasteiger partial charge >= 0.3 is 0 Å². The zero-order chi connectivity index (χ0) is 9.68. The molecule has 0 saturated heterocycles. The first-order chi connectivity index (χ1) is 6.20. The molecule has 1 atom stereocenters. The summed E-state index contributed by atoms with van der Waals surface area (Å²) in [5, 5.41) is -0.531. The Labute approximate surface area is 82.7 Å². The molecule has 0 N–H and O–H groups in total. The fourth-order valence-corrected chi connectivity index (χ4v) is 0.809. The Balaban J connectivity index is 2.74. The van der Waals surface area contributed by atoms with Gasteiger partial charge in [0.05, 0.1) is 0 Å². The minimum absolute atomic E-state index is 0.245. The SMILES string of the molecule is CC(Cl)C(=O)C#Cc1ccccc1. The summed E-state index contributed by atoms with van der Waals surface area (Å²) >= 11 is 5.54. The zero-order valence-electron chi connectivity index (χ0n) is 7.25. The normalized spacial score (nSPS) is 11.2. The standard InChI is InChI=1S/C11H9ClO/c1-9(12)11(13)8-7-10-5-3-2-4-6-10/h2-6,9H,1H3. The third-order valence-corrected chi connectivity index (χ3v) is 1.66. The first kappa shape index (κ1) is 9.83. The molecule has 2 heteroatoms. The minimum Gasteiger partial charge on any atom is -0.283 e. The first-order valence-electron chi connectivity index (χ1n) is 3.95. The van der Waals surface area contributed by atoms with Crippen molar-refractivity contribution in [3.63, 3.8) is 0 Å². The van der Waals surface area contributed by atoms with Crippen LogP contribution in [0.2, 0.25) is 0 Å². The number of carbonyl (C=O) groups is 1. The second-order valence-electron chi connectivity index (χ2n) is 2.60. The average molecular weight is 193 g/mol. The molecule has 1 aromatic carbocycles. The number of hydrogen-bond acceptors (Lipinski definition) is 1. The molecular weight excluding hydrogens is 184 g/mol. The van der Waals surface area contributed by atoms with Crippen LogP contribution in [0.5, 0.6) is 0 Å². The van der Waals surface area contributed by atoms with Gasteiger partial charge < -0.3 is 0 Å². The Kier molecular flexibility index (Phi) is 3.54. The van der Waals surface area contributed by atoms with Gasteiger partial charge in [0.1, 0.15) is 5.38 Å². The molecule has 0 radical (unpaired) electrons. The Morgan fingerprint density at radius 1 is 1.38 bits per heavy atom. The highest BCUT2D eigenvalue weighted by atomic mass is 35.5. The molecule has 0 spiro atoms. The molecule has 0 aliphatic carbocycles. The summed E-state index contributed by atoms with van der Waals surface area (Å²) in [7, 11) is 0. The lowest BCUT2D eigenvalue weighted by molar-refractivity contribution is -0.113. The molecule has 1 rings (SSSR count). The maximum absolute atomic E-state index is 11.0. The highest BCUT2D eigenvalue weighted by molar-refractivity contribution is 6.33. The third-order valence-electron chi connectivity index (χ3n) is 1.47. The monoisotopic (exact) mass is 192 g/mol. The van der Waals surface area contributed by atoms with Crippen molar-refractivity contribution in [2.45, 2.75) is 12.3 Å². The summed E-state index contributed by atoms with van der Waals surface area (Å²) in [6.07, 6.45) is 0. The average Bonchev–Trinajstić information content (AvgIpc) is 2.15. The Morgan fingerprint density at radius 2 is 2.00 bits per heavy atom. The van der Waals surface area contributed by atoms with Crippen LogP contribution in [-0.2, 0) is 4.79 Å². The van der Waals surface area contributed by atoms with Crippen LogP contribution < -0.4 is 0 Å². The summed E-state index contributed by atoms with van der Waals surface area (Å²) in [6.45, 7) is 1.61. The molecule has 0 bridgehead atoms. The number of halogens is 1. The maximum Gasteiger partial charge on any atom is 0.223 e. The lowest BCUT2D eigenvalue weighted by Crippen LogP contribution is -2.06. The molecule has 66 valence electrons. The molecule has 0 aliphatic heterocycles. The van der Waals surface area contributed by atoms with Crippen molar-refractivity contribution >= 4 is 17.4 Å². The summed E-state index contributed by atoms with van der Waals surface area (Å²) in [5.41, 5.74) is 0.827. The number of carbonyl (C=O) groups excluding carboxylic acids is 1. The fraction of sp³-hybridized carbons (Fsp3) is 0.182. The second-order valence-corrected chi connectivity index (χ2v) is 3.25. The van der Waals surface area contributed by atoms with Crippen molar-refractivity contribution in [2.24, 2.45) is 0 Å². The molecule has 1 aromatic rings. The van der Waals surface area contributed by atoms with Crippen molar-refractivity contribution in [2.75, 3.05) is 0 Å². The van der Waals surface area contributed by atoms with Gasteiger partial charge in [-0.05, 0) is 25.0 Å². The molecule has 1 unspecified atom stereocenters. The molecule has 0 saturated carbocycles. The van der Waals surface area contributed by atoms with E-state index in [-0.39, 0.29) is 5.78 Å². The van der Waals surface area contributed by atoms with Crippen molar-refractivity contribution in [3.8, 4) is 11.8 Å². The van der Waals surface area contributed by atoms with Crippen molar-refractivity contribution in [3.05, 3.63) is 35.9 Å². The molecule has 0 aromatic heterocycles. The number of rotatable bonds is 1. The Bertz CT molecular complexity index is 343. The van der Waals surface area contributed by atoms with E-state index in [1.165, 1.54) is 0 Å². The van der Waals surface area contributed by atoms with Crippen molar-refractivity contribution < 1.29 is 4.79 Å². The zero-order valence-corrected chi connectivity index (χ0v) is 8.01. The van der Waals surface area contributed by atoms with E-state index >= 15 is 0 Å². The predicted molar refractivity (Wildman–Crippen MR) is 53.6 cm³/mol. The number of ketones is 1. The predicted octanol–water partition coefficient (Wildman–Crippen LogP) is 2.23. The lowest BCUT2D eigenvalue weighted by Gasteiger charge is -1.90. The van der Waals surface area contributed by atoms with Gasteiger partial charge in [0, 0.05) is 5.56 Å². The number of benzene rings is 1. The van der Waals surface area contributed by atoms with E-state index in [1.54, 1.807) is 6.92 Å². The molecular formula is C11H9ClO. The van der Waals surface area contributed by atoms with Crippen LogP contribution in [0.3, 0.4) is 0 Å². The fourth-order valence-electron chi connectivity index (χ4n) is 0.755. The van der Waals surface area contributed by atoms with Gasteiger partial charge in [0.25, 0.3) is 0 Å². The van der Waals surface area contributed by atoms with E-state index < -0.39 is 5.38 Å². The van der Waals surface area contributed by atoms with Gasteiger partial charge in [0.2, 0.25) is 5.78 Å². The summed E-state index contributed by atoms with van der Waals surface area (Å²) in [5.74, 6) is 4.97. The largest absolute Gasteiger partial charge is 0.283 e. The molecule has 0 aliphatic rings. The van der Waals surface area contributed by atoms with E-state index in [9.17, 15) is 4.79 Å². The lowest BCUT2D eigenvalue weighted by atomic mass is 10.2. The smallest absolute Gasteiger partial charge is 0.223 e. The number of Topliss-reactive ketones (excluding diaryl/α,β-unsaturated/α-hetero) is 1. The Morgan fingerprint density at radius 3 is 2.54 bits per heavy atom. The summed E-state index contributed by atoms with van der Waals surface area (Å²) in [6, 6.07) is 9.34. The van der Waals surface area contributed by atoms with Crippen LogP contribution in [-0.4, -0.2) is 11.2 Å². The van der Waals surface area contributed by atoms with Crippen LogP contribution in [0.1, 0.15) is 12.5 Å². The van der Waals surface area contributed by atoms with Crippen LogP contribution in [0.25, 0.3) is 0 Å². The van der Waals surface area contributed by atoms with E-state index in [0.717, 1.165) is 5.56 Å². The highest BCUT2D eigenvalue weighted by Gasteiger charge is 2.03. The first-order valence-corrected chi connectivity index (χ1v) is 4.39. The molecule has 0 fully saturated rings. The molecule has 0 amide bonds. The summed E-state index contributed by atoms with van der Waals surface area (Å²) < 4.78 is 0. The van der Waals surface area contributed by atoms with Gasteiger partial charge in [0.15, 0.2) is 0 Å². The van der Waals surface area contributed by atoms with E-state index in [2.05, 4.69) is 11.8 Å². The van der Waals surface area contributed by atoms with Crippen LogP contribution in [0, 0.1) is 11.8 Å². The number of alkyl halides is 1. The van der Waals surface area contributed by atoms with E-state index in [0.29, 0.717) is 0 Å². The van der Waals surface area contributed by atoms with Crippen molar-refractivity contribution in [1.82, 2.24) is 0 Å². The maximum atomic E-state index is 11.0. The quantitative estimate of drug-likeness (QED) is 0.493. The molecule has 13 heavy (non-hydrogen) atoms. The van der Waals surface area contributed by atoms with Crippen LogP contribution >= 0.6 is 11.6 Å². The van der Waals surface area contributed by atoms with E-state index in [4.69, 9.17) is 11.6 Å². The van der Waals surface area contributed by atoms with Gasteiger partial charge in [-0.15, -0.1) is 11.6 Å². The molecule has 1 nitrogen and oxygen atoms in total. The van der Waals surface area contributed by atoms with Crippen molar-refractivity contribution in [1.29, 1.82) is 0 Å². The van der Waals surface area contributed by atoms with Gasteiger partial charge in [-0.1, -0.05) is 24.1 Å². The summed E-state index contributed by atoms with van der Waals surface area (Å²) in [4.78, 5) is 11.0. The third kappa shape index (κ3) is 3.31. The topological polar surface area (TPSA) is 17.1 Å². The van der Waals surface area contributed by atoms with Crippen LogP contribution in [0.4, 0.5) is 0 Å². The number of hydrogen-bond donors (Lipinski definition) is 0. The Hall–Kier alpha value is -1.26. The minimum atomic E-state index is -0.531. The van der Waals surface area contributed by atoms with E-state index in [1.807, 2.05) is 30.3 Å². The van der Waals surface area contributed by atoms with Gasteiger partial charge in [-0.25, -0.2) is 0 Å². The molecule has 0 heterocycles.